The van der Waals surface area contributed by atoms with Gasteiger partial charge >= 0.3 is 0 Å². The van der Waals surface area contributed by atoms with Crippen LogP contribution in [0.1, 0.15) is 386 Å². The van der Waals surface area contributed by atoms with Crippen molar-refractivity contribution in [1.29, 1.82) is 0 Å². The molecule has 9 nitrogen and oxygen atoms in total. The minimum atomic E-state index is -1.57. The van der Waals surface area contributed by atoms with Gasteiger partial charge in [-0.1, -0.05) is 389 Å². The molecule has 0 aromatic heterocycles. The van der Waals surface area contributed by atoms with E-state index in [4.69, 9.17) is 9.47 Å². The highest BCUT2D eigenvalue weighted by atomic mass is 16.7. The first-order valence-corrected chi connectivity index (χ1v) is 39.7. The lowest BCUT2D eigenvalue weighted by Gasteiger charge is -2.40. The van der Waals surface area contributed by atoms with E-state index in [0.717, 1.165) is 70.6 Å². The Morgan fingerprint density at radius 1 is 0.385 bits per heavy atom. The Morgan fingerprint density at radius 2 is 0.681 bits per heavy atom. The highest BCUT2D eigenvalue weighted by Gasteiger charge is 2.44. The van der Waals surface area contributed by atoms with Crippen molar-refractivity contribution >= 4 is 5.91 Å². The first kappa shape index (κ1) is 86.6. The number of carbonyl (C=O) groups excluding carboxylic acids is 1. The molecule has 0 aromatic carbocycles. The third-order valence-corrected chi connectivity index (χ3v) is 18.8. The molecule has 1 aliphatic rings. The molecule has 1 amide bonds. The van der Waals surface area contributed by atoms with Crippen LogP contribution >= 0.6 is 0 Å². The zero-order chi connectivity index (χ0) is 65.7. The van der Waals surface area contributed by atoms with Crippen molar-refractivity contribution < 1.29 is 39.8 Å². The molecular formula is C82H151NO8. The number of unbranched alkanes of at least 4 members (excludes halogenated alkanes) is 50. The quantitative estimate of drug-likeness (QED) is 0.0261. The third kappa shape index (κ3) is 58.7. The summed E-state index contributed by atoms with van der Waals surface area (Å²) in [6.45, 7) is 3.72. The van der Waals surface area contributed by atoms with Gasteiger partial charge < -0.3 is 40.3 Å². The van der Waals surface area contributed by atoms with E-state index in [-0.39, 0.29) is 12.5 Å². The van der Waals surface area contributed by atoms with Crippen molar-refractivity contribution in [1.82, 2.24) is 5.32 Å². The molecular weight excluding hydrogens is 1130 g/mol. The zero-order valence-corrected chi connectivity index (χ0v) is 59.9. The van der Waals surface area contributed by atoms with Gasteiger partial charge in [-0.05, 0) is 64.2 Å². The molecule has 7 unspecified atom stereocenters. The topological polar surface area (TPSA) is 149 Å². The van der Waals surface area contributed by atoms with Crippen molar-refractivity contribution in [2.45, 2.75) is 429 Å². The second kappa shape index (κ2) is 70.4. The molecule has 0 bridgehead atoms. The van der Waals surface area contributed by atoms with Crippen LogP contribution in [0.2, 0.25) is 0 Å². The number of ether oxygens (including phenoxy) is 2. The maximum absolute atomic E-state index is 13.2. The molecule has 1 heterocycles. The average Bonchev–Trinajstić information content (AvgIpc) is 1.58. The second-order valence-corrected chi connectivity index (χ2v) is 27.5. The van der Waals surface area contributed by atoms with Gasteiger partial charge in [-0.2, -0.15) is 0 Å². The predicted molar refractivity (Wildman–Crippen MR) is 392 cm³/mol. The molecule has 6 N–H and O–H groups in total. The highest BCUT2D eigenvalue weighted by Crippen LogP contribution is 2.24. The van der Waals surface area contributed by atoms with Crippen LogP contribution in [0.25, 0.3) is 0 Å². The lowest BCUT2D eigenvalue weighted by molar-refractivity contribution is -0.302. The molecule has 532 valence electrons. The molecule has 91 heavy (non-hydrogen) atoms. The van der Waals surface area contributed by atoms with Gasteiger partial charge in [-0.3, -0.25) is 4.79 Å². The summed E-state index contributed by atoms with van der Waals surface area (Å²) < 4.78 is 11.4. The van der Waals surface area contributed by atoms with Crippen LogP contribution in [-0.2, 0) is 14.3 Å². The SMILES string of the molecule is CC/C=C\C/C=C\C/C=C\C/C=C\C/C=C\CCCCCCCCCCCCCCCCCCCCCC(=O)NC(COC1OC(CO)C(O)C(O)C1O)C(O)/C=C/CCCCCCCCCCCCCCCCCCCCCCCCCCCCCCCCC. The highest BCUT2D eigenvalue weighted by molar-refractivity contribution is 5.76. The molecule has 1 rings (SSSR count). The van der Waals surface area contributed by atoms with Crippen molar-refractivity contribution in [2.75, 3.05) is 13.2 Å². The largest absolute Gasteiger partial charge is 0.394 e. The van der Waals surface area contributed by atoms with Crippen LogP contribution in [0.4, 0.5) is 0 Å². The van der Waals surface area contributed by atoms with Gasteiger partial charge in [0.25, 0.3) is 0 Å². The minimum absolute atomic E-state index is 0.171. The summed E-state index contributed by atoms with van der Waals surface area (Å²) in [5.74, 6) is -0.171. The van der Waals surface area contributed by atoms with E-state index in [1.165, 1.54) is 295 Å². The van der Waals surface area contributed by atoms with E-state index in [1.807, 2.05) is 6.08 Å². The number of hydrogen-bond donors (Lipinski definition) is 6. The summed E-state index contributed by atoms with van der Waals surface area (Å²) in [7, 11) is 0. The number of rotatable bonds is 70. The van der Waals surface area contributed by atoms with Gasteiger partial charge in [0.2, 0.25) is 5.91 Å². The smallest absolute Gasteiger partial charge is 0.220 e. The molecule has 0 radical (unpaired) electrons. The van der Waals surface area contributed by atoms with E-state index in [2.05, 4.69) is 79.9 Å². The van der Waals surface area contributed by atoms with Crippen LogP contribution in [0, 0.1) is 0 Å². The number of aliphatic hydroxyl groups excluding tert-OH is 5. The first-order valence-electron chi connectivity index (χ1n) is 39.7. The van der Waals surface area contributed by atoms with Gasteiger partial charge in [-0.25, -0.2) is 0 Å². The van der Waals surface area contributed by atoms with Gasteiger partial charge in [0.15, 0.2) is 6.29 Å². The number of hydrogen-bond acceptors (Lipinski definition) is 8. The van der Waals surface area contributed by atoms with Crippen LogP contribution < -0.4 is 5.32 Å². The lowest BCUT2D eigenvalue weighted by Crippen LogP contribution is -2.60. The Hall–Kier alpha value is -2.37. The fourth-order valence-corrected chi connectivity index (χ4v) is 12.7. The molecule has 0 saturated carbocycles. The molecule has 0 aliphatic carbocycles. The zero-order valence-electron chi connectivity index (χ0n) is 59.9. The van der Waals surface area contributed by atoms with Crippen molar-refractivity contribution in [3.63, 3.8) is 0 Å². The predicted octanol–water partition coefficient (Wildman–Crippen LogP) is 22.7. The second-order valence-electron chi connectivity index (χ2n) is 27.5. The summed E-state index contributed by atoms with van der Waals surface area (Å²) in [4.78, 5) is 13.2. The fourth-order valence-electron chi connectivity index (χ4n) is 12.7. The van der Waals surface area contributed by atoms with Crippen molar-refractivity contribution in [3.05, 3.63) is 72.9 Å². The van der Waals surface area contributed by atoms with E-state index in [0.29, 0.717) is 6.42 Å². The number of aliphatic hydroxyl groups is 5. The van der Waals surface area contributed by atoms with E-state index in [9.17, 15) is 30.3 Å². The van der Waals surface area contributed by atoms with E-state index < -0.39 is 49.5 Å². The van der Waals surface area contributed by atoms with Gasteiger partial charge in [0, 0.05) is 6.42 Å². The number of nitrogens with one attached hydrogen (secondary N) is 1. The third-order valence-electron chi connectivity index (χ3n) is 18.8. The molecule has 7 atom stereocenters. The van der Waals surface area contributed by atoms with Crippen LogP contribution in [0.3, 0.4) is 0 Å². The molecule has 0 aromatic rings. The molecule has 9 heteroatoms. The molecule has 1 fully saturated rings. The molecule has 1 aliphatic heterocycles. The van der Waals surface area contributed by atoms with Gasteiger partial charge in [0.05, 0.1) is 25.4 Å². The van der Waals surface area contributed by atoms with Crippen molar-refractivity contribution in [3.8, 4) is 0 Å². The Kier molecular flexibility index (Phi) is 67.1. The normalized spacial score (nSPS) is 18.1. The van der Waals surface area contributed by atoms with E-state index >= 15 is 0 Å². The molecule has 1 saturated heterocycles. The summed E-state index contributed by atoms with van der Waals surface area (Å²) in [6.07, 6.45) is 93.3. The number of allylic oxidation sites excluding steroid dienone is 11. The Labute approximate surface area is 563 Å². The van der Waals surface area contributed by atoms with Crippen molar-refractivity contribution in [2.24, 2.45) is 0 Å². The van der Waals surface area contributed by atoms with Crippen LogP contribution in [0.15, 0.2) is 72.9 Å². The standard InChI is InChI=1S/C82H151NO8/c1-3-5-7-9-11-13-15-17-19-21-23-25-27-29-31-33-35-37-38-40-42-44-46-48-50-52-54-56-58-60-62-64-66-68-70-72-78(86)83-75(74-90-82-81(89)80(88)79(87)77(73-84)91-82)76(85)71-69-67-65-63-61-59-57-55-53-51-49-47-45-43-41-39-36-34-32-30-28-26-24-22-20-18-16-14-12-10-8-6-4-2/h5,7,11,13,17,19,23,25,29,31,69,71,75-77,79-82,84-85,87-89H,3-4,6,8-10,12,14-16,18,20-22,24,26-28,30,32-68,70,72-74H2,1-2H3,(H,83,86)/b7-5-,13-11-,19-17-,25-23-,31-29-,71-69+. The number of carbonyl (C=O) groups is 1. The summed E-state index contributed by atoms with van der Waals surface area (Å²) in [5.41, 5.74) is 0. The number of amides is 1. The Balaban J connectivity index is 2.07. The van der Waals surface area contributed by atoms with Gasteiger partial charge in [-0.15, -0.1) is 0 Å². The monoisotopic (exact) mass is 1280 g/mol. The molecule has 0 spiro atoms. The maximum atomic E-state index is 13.2. The fraction of sp³-hybridized carbons (Fsp3) is 0.841. The first-order chi connectivity index (χ1) is 44.8. The van der Waals surface area contributed by atoms with Crippen LogP contribution in [-0.4, -0.2) is 87.5 Å². The summed E-state index contributed by atoms with van der Waals surface area (Å²) in [5, 5.41) is 54.9. The average molecular weight is 1280 g/mol. The lowest BCUT2D eigenvalue weighted by atomic mass is 9.99. The maximum Gasteiger partial charge on any atom is 0.220 e. The van der Waals surface area contributed by atoms with Crippen LogP contribution in [0.5, 0.6) is 0 Å². The minimum Gasteiger partial charge on any atom is -0.394 e. The Bertz CT molecular complexity index is 1670. The summed E-state index contributed by atoms with van der Waals surface area (Å²) in [6, 6.07) is -0.809. The van der Waals surface area contributed by atoms with E-state index in [1.54, 1.807) is 6.08 Å². The Morgan fingerprint density at radius 3 is 1.01 bits per heavy atom. The summed E-state index contributed by atoms with van der Waals surface area (Å²) >= 11 is 0. The van der Waals surface area contributed by atoms with Gasteiger partial charge in [0.1, 0.15) is 24.4 Å².